The molecule has 1 aliphatic heterocycles. The van der Waals surface area contributed by atoms with Crippen molar-refractivity contribution in [3.63, 3.8) is 0 Å². The number of carbonyl (C=O) groups excluding carboxylic acids is 1. The highest BCUT2D eigenvalue weighted by Gasteiger charge is 2.60. The van der Waals surface area contributed by atoms with E-state index in [4.69, 9.17) is 0 Å². The van der Waals surface area contributed by atoms with Crippen molar-refractivity contribution in [1.29, 1.82) is 0 Å². The summed E-state index contributed by atoms with van der Waals surface area (Å²) in [7, 11) is 1.96. The van der Waals surface area contributed by atoms with Gasteiger partial charge in [-0.05, 0) is 73.7 Å². The minimum absolute atomic E-state index is 0.0811. The fourth-order valence-electron chi connectivity index (χ4n) is 7.39. The third-order valence-electron chi connectivity index (χ3n) is 8.75. The summed E-state index contributed by atoms with van der Waals surface area (Å²) in [6.07, 6.45) is 11.2. The van der Waals surface area contributed by atoms with Crippen LogP contribution in [0.5, 0.6) is 0 Å². The van der Waals surface area contributed by atoms with Gasteiger partial charge in [-0.15, -0.1) is 0 Å². The van der Waals surface area contributed by atoms with E-state index in [2.05, 4.69) is 19.9 Å². The minimum Gasteiger partial charge on any atom is -0.481 e. The lowest BCUT2D eigenvalue weighted by atomic mass is 9.47. The van der Waals surface area contributed by atoms with Crippen molar-refractivity contribution >= 4 is 11.9 Å². The molecule has 0 aromatic rings. The van der Waals surface area contributed by atoms with Crippen LogP contribution in [0.1, 0.15) is 58.8 Å². The second kappa shape index (κ2) is 5.59. The molecule has 3 aliphatic carbocycles. The van der Waals surface area contributed by atoms with E-state index in [9.17, 15) is 14.7 Å². The minimum atomic E-state index is -0.639. The van der Waals surface area contributed by atoms with Gasteiger partial charge in [0.15, 0.2) is 0 Å². The SMILES string of the molecule is CN1C(=O)C=C[C@]2(C)[C@H]3CC[C@]4(C)[C@@H](CC(=O)O)CC[C@H]4[C@@H]3CC[C@@H]12. The second-order valence-corrected chi connectivity index (χ2v) is 9.54. The molecule has 4 rings (SSSR count). The van der Waals surface area contributed by atoms with Crippen LogP contribution in [0.4, 0.5) is 0 Å². The van der Waals surface area contributed by atoms with Crippen molar-refractivity contribution in [3.8, 4) is 0 Å². The summed E-state index contributed by atoms with van der Waals surface area (Å²) in [5.41, 5.74) is 0.278. The fraction of sp³-hybridized carbons (Fsp3) is 0.810. The van der Waals surface area contributed by atoms with Crippen LogP contribution in [0, 0.1) is 34.5 Å². The Hall–Kier alpha value is -1.32. The van der Waals surface area contributed by atoms with E-state index < -0.39 is 5.97 Å². The summed E-state index contributed by atoms with van der Waals surface area (Å²) < 4.78 is 0. The smallest absolute Gasteiger partial charge is 0.303 e. The van der Waals surface area contributed by atoms with Crippen molar-refractivity contribution in [1.82, 2.24) is 4.90 Å². The second-order valence-electron chi connectivity index (χ2n) is 9.54. The fourth-order valence-corrected chi connectivity index (χ4v) is 7.39. The molecule has 4 nitrogen and oxygen atoms in total. The van der Waals surface area contributed by atoms with E-state index in [1.54, 1.807) is 6.08 Å². The average Bonchev–Trinajstić information content (AvgIpc) is 2.88. The maximum atomic E-state index is 12.1. The molecule has 4 heteroatoms. The van der Waals surface area contributed by atoms with Gasteiger partial charge in [-0.2, -0.15) is 0 Å². The molecule has 0 spiro atoms. The van der Waals surface area contributed by atoms with E-state index in [1.807, 2.05) is 11.9 Å². The zero-order valence-corrected chi connectivity index (χ0v) is 15.7. The molecular formula is C21H31NO3. The first kappa shape index (κ1) is 17.1. The largest absolute Gasteiger partial charge is 0.481 e. The molecule has 138 valence electrons. The lowest BCUT2D eigenvalue weighted by Crippen LogP contribution is -2.59. The van der Waals surface area contributed by atoms with E-state index >= 15 is 0 Å². The number of likely N-dealkylation sites (N-methyl/N-ethyl adjacent to an activating group) is 1. The highest BCUT2D eigenvalue weighted by Crippen LogP contribution is 2.65. The van der Waals surface area contributed by atoms with Crippen molar-refractivity contribution in [2.75, 3.05) is 7.05 Å². The molecular weight excluding hydrogens is 314 g/mol. The first-order chi connectivity index (χ1) is 11.8. The number of carbonyl (C=O) groups is 2. The Morgan fingerprint density at radius 3 is 2.68 bits per heavy atom. The standard InChI is InChI=1S/C21H31NO3/c1-20-10-8-16-14(15(20)6-4-13(20)12-19(24)25)5-7-17-21(16,2)11-9-18(23)22(17)3/h9,11,13-17H,4-8,10,12H2,1-3H3,(H,24,25)/t13-,14+,15+,16+,17-,20-,21-/m1/s1. The van der Waals surface area contributed by atoms with Gasteiger partial charge in [0, 0.05) is 24.9 Å². The van der Waals surface area contributed by atoms with Crippen LogP contribution in [-0.2, 0) is 9.59 Å². The Labute approximate surface area is 150 Å². The number of nitrogens with zero attached hydrogens (tertiary/aromatic N) is 1. The number of amides is 1. The van der Waals surface area contributed by atoms with Crippen molar-refractivity contribution < 1.29 is 14.7 Å². The van der Waals surface area contributed by atoms with Gasteiger partial charge in [-0.1, -0.05) is 19.9 Å². The zero-order chi connectivity index (χ0) is 18.0. The first-order valence-electron chi connectivity index (χ1n) is 9.95. The molecule has 1 heterocycles. The zero-order valence-electron chi connectivity index (χ0n) is 15.7. The summed E-state index contributed by atoms with van der Waals surface area (Å²) in [5.74, 6) is 1.81. The summed E-state index contributed by atoms with van der Waals surface area (Å²) in [6, 6.07) is 0.326. The molecule has 0 unspecified atom stereocenters. The van der Waals surface area contributed by atoms with Gasteiger partial charge in [-0.3, -0.25) is 9.59 Å². The van der Waals surface area contributed by atoms with Gasteiger partial charge < -0.3 is 10.0 Å². The predicted molar refractivity (Wildman–Crippen MR) is 95.8 cm³/mol. The molecule has 3 saturated carbocycles. The molecule has 25 heavy (non-hydrogen) atoms. The Kier molecular flexibility index (Phi) is 3.82. The van der Waals surface area contributed by atoms with Crippen LogP contribution in [0.2, 0.25) is 0 Å². The Morgan fingerprint density at radius 1 is 1.20 bits per heavy atom. The normalized spacial score (nSPS) is 48.7. The third-order valence-corrected chi connectivity index (χ3v) is 8.75. The molecule has 4 aliphatic rings. The molecule has 3 fully saturated rings. The van der Waals surface area contributed by atoms with E-state index in [1.165, 1.54) is 19.3 Å². The topological polar surface area (TPSA) is 57.6 Å². The lowest BCUT2D eigenvalue weighted by molar-refractivity contribution is -0.142. The number of carboxylic acids is 1. The summed E-state index contributed by atoms with van der Waals surface area (Å²) in [5, 5.41) is 9.31. The first-order valence-corrected chi connectivity index (χ1v) is 9.95. The molecule has 0 aromatic carbocycles. The Bertz CT molecular complexity index is 629. The number of fused-ring (bicyclic) bond motifs is 5. The van der Waals surface area contributed by atoms with Crippen LogP contribution in [0.3, 0.4) is 0 Å². The summed E-state index contributed by atoms with van der Waals surface area (Å²) in [4.78, 5) is 25.4. The number of rotatable bonds is 2. The molecule has 0 saturated heterocycles. The summed E-state index contributed by atoms with van der Waals surface area (Å²) >= 11 is 0. The van der Waals surface area contributed by atoms with Crippen molar-refractivity contribution in [3.05, 3.63) is 12.2 Å². The maximum absolute atomic E-state index is 12.1. The number of hydrogen-bond acceptors (Lipinski definition) is 2. The molecule has 1 N–H and O–H groups in total. The van der Waals surface area contributed by atoms with Gasteiger partial charge in [0.1, 0.15) is 0 Å². The quantitative estimate of drug-likeness (QED) is 0.830. The van der Waals surface area contributed by atoms with E-state index in [-0.39, 0.29) is 16.7 Å². The van der Waals surface area contributed by atoms with Crippen LogP contribution < -0.4 is 0 Å². The maximum Gasteiger partial charge on any atom is 0.303 e. The lowest BCUT2D eigenvalue weighted by Gasteiger charge is -2.60. The van der Waals surface area contributed by atoms with Crippen LogP contribution >= 0.6 is 0 Å². The number of carboxylic acid groups (broad SMARTS) is 1. The molecule has 7 atom stereocenters. The third kappa shape index (κ3) is 2.32. The van der Waals surface area contributed by atoms with Crippen LogP contribution in [0.15, 0.2) is 12.2 Å². The Morgan fingerprint density at radius 2 is 1.96 bits per heavy atom. The Balaban J connectivity index is 1.63. The highest BCUT2D eigenvalue weighted by molar-refractivity contribution is 5.89. The molecule has 0 aromatic heterocycles. The monoisotopic (exact) mass is 345 g/mol. The van der Waals surface area contributed by atoms with Crippen molar-refractivity contribution in [2.24, 2.45) is 34.5 Å². The predicted octanol–water partition coefficient (Wildman–Crippen LogP) is 3.72. The van der Waals surface area contributed by atoms with E-state index in [0.29, 0.717) is 36.1 Å². The van der Waals surface area contributed by atoms with E-state index in [0.717, 1.165) is 19.3 Å². The van der Waals surface area contributed by atoms with Gasteiger partial charge in [0.2, 0.25) is 5.91 Å². The average molecular weight is 345 g/mol. The van der Waals surface area contributed by atoms with Gasteiger partial charge in [0.05, 0.1) is 0 Å². The molecule has 0 bridgehead atoms. The highest BCUT2D eigenvalue weighted by atomic mass is 16.4. The van der Waals surface area contributed by atoms with Crippen LogP contribution in [0.25, 0.3) is 0 Å². The van der Waals surface area contributed by atoms with Crippen molar-refractivity contribution in [2.45, 2.75) is 64.8 Å². The molecule has 0 radical (unpaired) electrons. The van der Waals surface area contributed by atoms with Crippen LogP contribution in [-0.4, -0.2) is 35.0 Å². The van der Waals surface area contributed by atoms with Gasteiger partial charge in [0.25, 0.3) is 0 Å². The number of aliphatic carboxylic acids is 1. The van der Waals surface area contributed by atoms with Gasteiger partial charge >= 0.3 is 5.97 Å². The summed E-state index contributed by atoms with van der Waals surface area (Å²) in [6.45, 7) is 4.73. The van der Waals surface area contributed by atoms with Gasteiger partial charge in [-0.25, -0.2) is 0 Å². The number of hydrogen-bond donors (Lipinski definition) is 1. The molecule has 1 amide bonds.